The largest absolute Gasteiger partial charge is 0.313 e. The van der Waals surface area contributed by atoms with Gasteiger partial charge in [-0.3, -0.25) is 0 Å². The van der Waals surface area contributed by atoms with Crippen molar-refractivity contribution in [3.8, 4) is 0 Å². The third-order valence-electron chi connectivity index (χ3n) is 2.46. The van der Waals surface area contributed by atoms with Gasteiger partial charge in [0.05, 0.1) is 0 Å². The van der Waals surface area contributed by atoms with Crippen LogP contribution in [0.5, 0.6) is 0 Å². The van der Waals surface area contributed by atoms with Crippen LogP contribution in [0.1, 0.15) is 31.4 Å². The molecule has 0 heterocycles. The lowest BCUT2D eigenvalue weighted by Crippen LogP contribution is -2.16. The standard InChI is InChI=1S/C13H18FN/c1-10(2)7-8-13(15-3)11-5-4-6-12(14)9-11/h4-6,9,13,15H,1,7-8H2,2-3H3. The summed E-state index contributed by atoms with van der Waals surface area (Å²) in [5.41, 5.74) is 2.16. The van der Waals surface area contributed by atoms with E-state index in [1.807, 2.05) is 20.0 Å². The van der Waals surface area contributed by atoms with Gasteiger partial charge < -0.3 is 5.32 Å². The van der Waals surface area contributed by atoms with E-state index in [-0.39, 0.29) is 11.9 Å². The van der Waals surface area contributed by atoms with Gasteiger partial charge in [-0.25, -0.2) is 4.39 Å². The number of benzene rings is 1. The van der Waals surface area contributed by atoms with Crippen LogP contribution >= 0.6 is 0 Å². The van der Waals surface area contributed by atoms with Crippen LogP contribution in [0.2, 0.25) is 0 Å². The molecule has 1 nitrogen and oxygen atoms in total. The number of hydrogen-bond donors (Lipinski definition) is 1. The molecule has 1 aromatic carbocycles. The molecule has 0 bridgehead atoms. The highest BCUT2D eigenvalue weighted by molar-refractivity contribution is 5.20. The van der Waals surface area contributed by atoms with E-state index in [1.165, 1.54) is 6.07 Å². The normalized spacial score (nSPS) is 12.5. The fourth-order valence-corrected chi connectivity index (χ4v) is 1.59. The molecule has 2 heteroatoms. The molecule has 0 saturated carbocycles. The Morgan fingerprint density at radius 2 is 2.27 bits per heavy atom. The van der Waals surface area contributed by atoms with Crippen LogP contribution in [0.3, 0.4) is 0 Å². The molecule has 15 heavy (non-hydrogen) atoms. The molecule has 0 fully saturated rings. The molecule has 1 atom stereocenters. The zero-order valence-corrected chi connectivity index (χ0v) is 9.39. The van der Waals surface area contributed by atoms with Crippen molar-refractivity contribution in [3.63, 3.8) is 0 Å². The highest BCUT2D eigenvalue weighted by atomic mass is 19.1. The van der Waals surface area contributed by atoms with Crippen molar-refractivity contribution in [1.82, 2.24) is 5.32 Å². The van der Waals surface area contributed by atoms with Crippen LogP contribution in [-0.4, -0.2) is 7.05 Å². The first-order chi connectivity index (χ1) is 7.13. The summed E-state index contributed by atoms with van der Waals surface area (Å²) in [5.74, 6) is -0.178. The Bertz CT molecular complexity index is 333. The van der Waals surface area contributed by atoms with Crippen LogP contribution in [0, 0.1) is 5.82 Å². The average Bonchev–Trinajstić information content (AvgIpc) is 2.18. The van der Waals surface area contributed by atoms with E-state index in [1.54, 1.807) is 12.1 Å². The maximum absolute atomic E-state index is 13.0. The van der Waals surface area contributed by atoms with Gasteiger partial charge in [0.15, 0.2) is 0 Å². The Morgan fingerprint density at radius 1 is 1.53 bits per heavy atom. The highest BCUT2D eigenvalue weighted by Crippen LogP contribution is 2.20. The van der Waals surface area contributed by atoms with E-state index < -0.39 is 0 Å². The summed E-state index contributed by atoms with van der Waals surface area (Å²) in [6.45, 7) is 5.88. The van der Waals surface area contributed by atoms with Crippen LogP contribution in [-0.2, 0) is 0 Å². The third kappa shape index (κ3) is 3.84. The summed E-state index contributed by atoms with van der Waals surface area (Å²) in [5, 5.41) is 3.19. The fourth-order valence-electron chi connectivity index (χ4n) is 1.59. The minimum absolute atomic E-state index is 0.178. The van der Waals surface area contributed by atoms with Crippen molar-refractivity contribution >= 4 is 0 Å². The molecule has 0 aliphatic heterocycles. The van der Waals surface area contributed by atoms with Crippen molar-refractivity contribution in [2.45, 2.75) is 25.8 Å². The zero-order chi connectivity index (χ0) is 11.3. The lowest BCUT2D eigenvalue weighted by atomic mass is 10.00. The molecule has 0 radical (unpaired) electrons. The topological polar surface area (TPSA) is 12.0 Å². The van der Waals surface area contributed by atoms with Crippen LogP contribution < -0.4 is 5.32 Å². The first-order valence-electron chi connectivity index (χ1n) is 5.20. The Hall–Kier alpha value is -1.15. The Balaban J connectivity index is 2.69. The first-order valence-corrected chi connectivity index (χ1v) is 5.20. The number of allylic oxidation sites excluding steroid dienone is 1. The smallest absolute Gasteiger partial charge is 0.123 e. The lowest BCUT2D eigenvalue weighted by Gasteiger charge is -2.16. The lowest BCUT2D eigenvalue weighted by molar-refractivity contribution is 0.541. The molecular formula is C13H18FN. The van der Waals surface area contributed by atoms with Crippen LogP contribution in [0.15, 0.2) is 36.4 Å². The molecule has 1 aromatic rings. The summed E-state index contributed by atoms with van der Waals surface area (Å²) >= 11 is 0. The van der Waals surface area contributed by atoms with Gasteiger partial charge in [0.2, 0.25) is 0 Å². The third-order valence-corrected chi connectivity index (χ3v) is 2.46. The van der Waals surface area contributed by atoms with Gasteiger partial charge in [0.1, 0.15) is 5.82 Å². The van der Waals surface area contributed by atoms with Gasteiger partial charge in [-0.2, -0.15) is 0 Å². The SMILES string of the molecule is C=C(C)CCC(NC)c1cccc(F)c1. The van der Waals surface area contributed by atoms with Gasteiger partial charge in [-0.05, 0) is 44.5 Å². The van der Waals surface area contributed by atoms with E-state index in [0.29, 0.717) is 0 Å². The number of rotatable bonds is 5. The molecular weight excluding hydrogens is 189 g/mol. The zero-order valence-electron chi connectivity index (χ0n) is 9.39. The molecule has 0 saturated heterocycles. The summed E-state index contributed by atoms with van der Waals surface area (Å²) in [6.07, 6.45) is 1.91. The van der Waals surface area contributed by atoms with E-state index in [9.17, 15) is 4.39 Å². The predicted octanol–water partition coefficient (Wildman–Crippen LogP) is 3.44. The summed E-state index contributed by atoms with van der Waals surface area (Å²) in [4.78, 5) is 0. The van der Waals surface area contributed by atoms with E-state index in [2.05, 4.69) is 11.9 Å². The first kappa shape index (κ1) is 11.9. The number of hydrogen-bond acceptors (Lipinski definition) is 1. The number of nitrogens with one attached hydrogen (secondary N) is 1. The van der Waals surface area contributed by atoms with E-state index in [0.717, 1.165) is 24.0 Å². The van der Waals surface area contributed by atoms with Gasteiger partial charge in [0.25, 0.3) is 0 Å². The average molecular weight is 207 g/mol. The second-order valence-corrected chi connectivity index (χ2v) is 3.89. The van der Waals surface area contributed by atoms with Gasteiger partial charge >= 0.3 is 0 Å². The quantitative estimate of drug-likeness (QED) is 0.729. The van der Waals surface area contributed by atoms with Crippen LogP contribution in [0.25, 0.3) is 0 Å². The molecule has 0 aromatic heterocycles. The predicted molar refractivity (Wildman–Crippen MR) is 62.2 cm³/mol. The number of halogens is 1. The molecule has 1 N–H and O–H groups in total. The Kier molecular flexibility index (Phi) is 4.50. The van der Waals surface area contributed by atoms with E-state index >= 15 is 0 Å². The van der Waals surface area contributed by atoms with Gasteiger partial charge in [-0.15, -0.1) is 6.58 Å². The fraction of sp³-hybridized carbons (Fsp3) is 0.385. The monoisotopic (exact) mass is 207 g/mol. The van der Waals surface area contributed by atoms with Gasteiger partial charge in [-0.1, -0.05) is 17.7 Å². The molecule has 0 amide bonds. The molecule has 1 unspecified atom stereocenters. The molecule has 82 valence electrons. The minimum Gasteiger partial charge on any atom is -0.313 e. The van der Waals surface area contributed by atoms with Crippen molar-refractivity contribution < 1.29 is 4.39 Å². The second-order valence-electron chi connectivity index (χ2n) is 3.89. The second kappa shape index (κ2) is 5.66. The molecule has 0 aliphatic rings. The van der Waals surface area contributed by atoms with Gasteiger partial charge in [0, 0.05) is 6.04 Å². The summed E-state index contributed by atoms with van der Waals surface area (Å²) in [7, 11) is 1.90. The summed E-state index contributed by atoms with van der Waals surface area (Å²) < 4.78 is 13.0. The Labute approximate surface area is 91.0 Å². The maximum atomic E-state index is 13.0. The summed E-state index contributed by atoms with van der Waals surface area (Å²) in [6, 6.07) is 6.95. The molecule has 1 rings (SSSR count). The van der Waals surface area contributed by atoms with Crippen LogP contribution in [0.4, 0.5) is 4.39 Å². The van der Waals surface area contributed by atoms with Crippen molar-refractivity contribution in [1.29, 1.82) is 0 Å². The van der Waals surface area contributed by atoms with Crippen molar-refractivity contribution in [3.05, 3.63) is 47.8 Å². The highest BCUT2D eigenvalue weighted by Gasteiger charge is 2.09. The molecule has 0 aliphatic carbocycles. The van der Waals surface area contributed by atoms with Crippen molar-refractivity contribution in [2.24, 2.45) is 0 Å². The van der Waals surface area contributed by atoms with Crippen molar-refractivity contribution in [2.75, 3.05) is 7.05 Å². The maximum Gasteiger partial charge on any atom is 0.123 e. The Morgan fingerprint density at radius 3 is 2.80 bits per heavy atom. The minimum atomic E-state index is -0.178. The molecule has 0 spiro atoms. The van der Waals surface area contributed by atoms with E-state index in [4.69, 9.17) is 0 Å².